The van der Waals surface area contributed by atoms with Crippen LogP contribution in [0.4, 0.5) is 5.82 Å². The summed E-state index contributed by atoms with van der Waals surface area (Å²) in [6.45, 7) is 3.93. The van der Waals surface area contributed by atoms with E-state index < -0.39 is 0 Å². The van der Waals surface area contributed by atoms with Crippen molar-refractivity contribution in [2.75, 3.05) is 31.1 Å². The minimum absolute atomic E-state index is 0.663. The normalized spacial score (nSPS) is 15.2. The van der Waals surface area contributed by atoms with Crippen molar-refractivity contribution in [3.05, 3.63) is 35.9 Å². The maximum absolute atomic E-state index is 8.93. The molecule has 2 N–H and O–H groups in total. The highest BCUT2D eigenvalue weighted by Gasteiger charge is 2.13. The second-order valence-corrected chi connectivity index (χ2v) is 4.57. The van der Waals surface area contributed by atoms with Crippen molar-refractivity contribution in [1.29, 1.82) is 5.26 Å². The number of rotatable bonds is 2. The molecule has 2 aromatic rings. The van der Waals surface area contributed by atoms with Gasteiger partial charge in [0.15, 0.2) is 5.82 Å². The van der Waals surface area contributed by atoms with Gasteiger partial charge >= 0.3 is 0 Å². The molecule has 5 nitrogen and oxygen atoms in total. The lowest BCUT2D eigenvalue weighted by Crippen LogP contribution is -2.43. The number of hydrogen-bond donors (Lipinski definition) is 2. The van der Waals surface area contributed by atoms with Gasteiger partial charge in [0.1, 0.15) is 0 Å². The average Bonchev–Trinajstić information content (AvgIpc) is 2.98. The summed E-state index contributed by atoms with van der Waals surface area (Å²) in [5, 5.41) is 19.7. The third kappa shape index (κ3) is 2.44. The quantitative estimate of drug-likeness (QED) is 0.848. The van der Waals surface area contributed by atoms with Crippen molar-refractivity contribution in [3.63, 3.8) is 0 Å². The highest BCUT2D eigenvalue weighted by Crippen LogP contribution is 2.22. The van der Waals surface area contributed by atoms with Crippen LogP contribution in [0.1, 0.15) is 5.56 Å². The number of nitrogens with zero attached hydrogens (tertiary/aromatic N) is 3. The second-order valence-electron chi connectivity index (χ2n) is 4.57. The van der Waals surface area contributed by atoms with Crippen LogP contribution in [0.3, 0.4) is 0 Å². The molecule has 0 unspecified atom stereocenters. The zero-order chi connectivity index (χ0) is 13.1. The lowest BCUT2D eigenvalue weighted by Gasteiger charge is -2.26. The predicted octanol–water partition coefficient (Wildman–Crippen LogP) is 1.36. The molecule has 0 amide bonds. The highest BCUT2D eigenvalue weighted by atomic mass is 15.3. The van der Waals surface area contributed by atoms with E-state index in [4.69, 9.17) is 5.26 Å². The first kappa shape index (κ1) is 11.8. The highest BCUT2D eigenvalue weighted by molar-refractivity contribution is 5.64. The molecule has 0 aliphatic carbocycles. The van der Waals surface area contributed by atoms with Crippen LogP contribution in [-0.2, 0) is 0 Å². The van der Waals surface area contributed by atoms with Gasteiger partial charge in [0, 0.05) is 37.8 Å². The van der Waals surface area contributed by atoms with Gasteiger partial charge < -0.3 is 10.2 Å². The summed E-state index contributed by atoms with van der Waals surface area (Å²) >= 11 is 0. The van der Waals surface area contributed by atoms with E-state index in [9.17, 15) is 0 Å². The van der Waals surface area contributed by atoms with Crippen molar-refractivity contribution in [1.82, 2.24) is 15.5 Å². The zero-order valence-electron chi connectivity index (χ0n) is 10.6. The van der Waals surface area contributed by atoms with E-state index in [0.717, 1.165) is 43.3 Å². The molecule has 96 valence electrons. The van der Waals surface area contributed by atoms with Crippen LogP contribution < -0.4 is 10.2 Å². The number of nitrogens with one attached hydrogen (secondary N) is 2. The minimum Gasteiger partial charge on any atom is -0.353 e. The van der Waals surface area contributed by atoms with Gasteiger partial charge in [0.2, 0.25) is 0 Å². The number of nitriles is 1. The Morgan fingerprint density at radius 3 is 2.84 bits per heavy atom. The standard InChI is InChI=1S/C14H15N5/c15-10-11-2-1-3-12(8-11)13-9-14(18-17-13)19-6-4-16-5-7-19/h1-3,8-9,16H,4-7H2,(H,17,18). The maximum atomic E-state index is 8.93. The summed E-state index contributed by atoms with van der Waals surface area (Å²) in [5.74, 6) is 0.971. The molecule has 0 saturated carbocycles. The van der Waals surface area contributed by atoms with Gasteiger partial charge in [-0.05, 0) is 12.1 Å². The fourth-order valence-corrected chi connectivity index (χ4v) is 2.27. The van der Waals surface area contributed by atoms with Gasteiger partial charge in [0.05, 0.1) is 17.3 Å². The van der Waals surface area contributed by atoms with Gasteiger partial charge in [0.25, 0.3) is 0 Å². The van der Waals surface area contributed by atoms with Crippen LogP contribution >= 0.6 is 0 Å². The molecule has 0 bridgehead atoms. The van der Waals surface area contributed by atoms with Crippen LogP contribution in [0.25, 0.3) is 11.3 Å². The van der Waals surface area contributed by atoms with E-state index in [1.54, 1.807) is 6.07 Å². The second kappa shape index (κ2) is 5.12. The SMILES string of the molecule is N#Cc1cccc(-c2cc(N3CCNCC3)n[nH]2)c1. The molecule has 2 heterocycles. The number of hydrogen-bond acceptors (Lipinski definition) is 4. The van der Waals surface area contributed by atoms with Gasteiger partial charge in [-0.25, -0.2) is 0 Å². The zero-order valence-corrected chi connectivity index (χ0v) is 10.6. The van der Waals surface area contributed by atoms with Gasteiger partial charge in [-0.15, -0.1) is 0 Å². The summed E-state index contributed by atoms with van der Waals surface area (Å²) in [6.07, 6.45) is 0. The molecule has 1 saturated heterocycles. The molecule has 1 aliphatic rings. The maximum Gasteiger partial charge on any atom is 0.151 e. The first-order chi connectivity index (χ1) is 9.36. The molecule has 3 rings (SSSR count). The number of piperazine rings is 1. The van der Waals surface area contributed by atoms with E-state index >= 15 is 0 Å². The molecular formula is C14H15N5. The Kier molecular flexibility index (Phi) is 3.17. The molecule has 1 aliphatic heterocycles. The van der Waals surface area contributed by atoms with Crippen LogP contribution in [-0.4, -0.2) is 36.4 Å². The van der Waals surface area contributed by atoms with Crippen molar-refractivity contribution >= 4 is 5.82 Å². The van der Waals surface area contributed by atoms with E-state index in [-0.39, 0.29) is 0 Å². The predicted molar refractivity (Wildman–Crippen MR) is 73.8 cm³/mol. The van der Waals surface area contributed by atoms with Crippen LogP contribution in [0.5, 0.6) is 0 Å². The number of anilines is 1. The fourth-order valence-electron chi connectivity index (χ4n) is 2.27. The molecular weight excluding hydrogens is 238 g/mol. The summed E-state index contributed by atoms with van der Waals surface area (Å²) in [5.41, 5.74) is 2.61. The Labute approximate surface area is 111 Å². The monoisotopic (exact) mass is 253 g/mol. The Morgan fingerprint density at radius 2 is 2.05 bits per heavy atom. The summed E-state index contributed by atoms with van der Waals surface area (Å²) in [6, 6.07) is 11.7. The Bertz CT molecular complexity index is 604. The summed E-state index contributed by atoms with van der Waals surface area (Å²) in [4.78, 5) is 2.25. The average molecular weight is 253 g/mol. The molecule has 5 heteroatoms. The Hall–Kier alpha value is -2.32. The first-order valence-corrected chi connectivity index (χ1v) is 6.38. The van der Waals surface area contributed by atoms with Gasteiger partial charge in [-0.1, -0.05) is 12.1 Å². The lowest BCUT2D eigenvalue weighted by atomic mass is 10.1. The van der Waals surface area contributed by atoms with Crippen LogP contribution in [0.2, 0.25) is 0 Å². The van der Waals surface area contributed by atoms with Crippen molar-refractivity contribution < 1.29 is 0 Å². The molecule has 1 fully saturated rings. The molecule has 0 atom stereocenters. The molecule has 0 radical (unpaired) electrons. The van der Waals surface area contributed by atoms with Gasteiger partial charge in [-0.3, -0.25) is 5.10 Å². The van der Waals surface area contributed by atoms with Crippen molar-refractivity contribution in [3.8, 4) is 17.3 Å². The minimum atomic E-state index is 0.663. The van der Waals surface area contributed by atoms with E-state index in [0.29, 0.717) is 5.56 Å². The number of H-pyrrole nitrogens is 1. The van der Waals surface area contributed by atoms with Crippen molar-refractivity contribution in [2.24, 2.45) is 0 Å². The van der Waals surface area contributed by atoms with Crippen LogP contribution in [0.15, 0.2) is 30.3 Å². The molecule has 1 aromatic carbocycles. The Morgan fingerprint density at radius 1 is 1.21 bits per heavy atom. The topological polar surface area (TPSA) is 67.7 Å². The van der Waals surface area contributed by atoms with Crippen LogP contribution in [0, 0.1) is 11.3 Å². The molecule has 0 spiro atoms. The smallest absolute Gasteiger partial charge is 0.151 e. The number of aromatic amines is 1. The lowest BCUT2D eigenvalue weighted by molar-refractivity contribution is 0.584. The third-order valence-corrected chi connectivity index (χ3v) is 3.31. The van der Waals surface area contributed by atoms with E-state index in [2.05, 4.69) is 26.5 Å². The third-order valence-electron chi connectivity index (χ3n) is 3.31. The van der Waals surface area contributed by atoms with Gasteiger partial charge in [-0.2, -0.15) is 10.4 Å². The first-order valence-electron chi connectivity index (χ1n) is 6.38. The Balaban J connectivity index is 1.86. The molecule has 19 heavy (non-hydrogen) atoms. The number of benzene rings is 1. The summed E-state index contributed by atoms with van der Waals surface area (Å²) in [7, 11) is 0. The molecule has 1 aromatic heterocycles. The number of aromatic nitrogens is 2. The van der Waals surface area contributed by atoms with E-state index in [1.807, 2.05) is 24.3 Å². The van der Waals surface area contributed by atoms with E-state index in [1.165, 1.54) is 0 Å². The fraction of sp³-hybridized carbons (Fsp3) is 0.286. The van der Waals surface area contributed by atoms with Crippen molar-refractivity contribution in [2.45, 2.75) is 0 Å². The largest absolute Gasteiger partial charge is 0.353 e. The summed E-state index contributed by atoms with van der Waals surface area (Å²) < 4.78 is 0.